The number of hydrogen-bond acceptors (Lipinski definition) is 6. The Morgan fingerprint density at radius 2 is 1.78 bits per heavy atom. The van der Waals surface area contributed by atoms with Crippen LogP contribution in [-0.2, 0) is 9.59 Å². The molecule has 0 spiro atoms. The Hall–Kier alpha value is -2.29. The van der Waals surface area contributed by atoms with Crippen LogP contribution in [-0.4, -0.2) is 71.4 Å². The van der Waals surface area contributed by atoms with E-state index in [9.17, 15) is 9.59 Å². The van der Waals surface area contributed by atoms with Crippen molar-refractivity contribution in [2.75, 3.05) is 38.0 Å². The van der Waals surface area contributed by atoms with Crippen molar-refractivity contribution in [1.29, 1.82) is 0 Å². The highest BCUT2D eigenvalue weighted by molar-refractivity contribution is 7.14. The second-order valence-electron chi connectivity index (χ2n) is 9.13. The Kier molecular flexibility index (Phi) is 6.93. The topological polar surface area (TPSA) is 77.6 Å². The number of nitrogens with one attached hydrogen (secondary N) is 2. The van der Waals surface area contributed by atoms with E-state index >= 15 is 0 Å². The van der Waals surface area contributed by atoms with Crippen LogP contribution in [0.4, 0.5) is 5.13 Å². The van der Waals surface area contributed by atoms with Crippen molar-refractivity contribution < 1.29 is 9.59 Å². The number of anilines is 1. The highest BCUT2D eigenvalue weighted by atomic mass is 32.1. The molecule has 2 N–H and O–H groups in total. The van der Waals surface area contributed by atoms with Gasteiger partial charge in [-0.05, 0) is 51.7 Å². The van der Waals surface area contributed by atoms with Crippen LogP contribution in [0.5, 0.6) is 0 Å². The van der Waals surface area contributed by atoms with Crippen LogP contribution in [0.25, 0.3) is 11.3 Å². The minimum absolute atomic E-state index is 0.0452. The number of piperazine rings is 1. The van der Waals surface area contributed by atoms with Gasteiger partial charge in [0, 0.05) is 43.2 Å². The number of carbonyl (C=O) groups is 2. The molecule has 0 bridgehead atoms. The van der Waals surface area contributed by atoms with Gasteiger partial charge >= 0.3 is 0 Å². The van der Waals surface area contributed by atoms with Crippen LogP contribution >= 0.6 is 11.3 Å². The van der Waals surface area contributed by atoms with Crippen LogP contribution in [0.15, 0.2) is 17.5 Å². The lowest BCUT2D eigenvalue weighted by Gasteiger charge is -2.37. The summed E-state index contributed by atoms with van der Waals surface area (Å²) in [5.41, 5.74) is 5.69. The zero-order chi connectivity index (χ0) is 22.8. The molecular formula is C24H33N5O2S. The number of carbonyl (C=O) groups excluding carboxylic acids is 2. The summed E-state index contributed by atoms with van der Waals surface area (Å²) in [6.45, 7) is 11.7. The summed E-state index contributed by atoms with van der Waals surface area (Å²) in [6, 6.07) is 4.60. The van der Waals surface area contributed by atoms with Crippen LogP contribution < -0.4 is 10.6 Å². The number of aryl methyl sites for hydroxylation is 3. The lowest BCUT2D eigenvalue weighted by Crippen LogP contribution is -2.55. The Morgan fingerprint density at radius 1 is 1.12 bits per heavy atom. The first-order chi connectivity index (χ1) is 15.3. The van der Waals surface area contributed by atoms with Gasteiger partial charge in [-0.1, -0.05) is 17.7 Å². The van der Waals surface area contributed by atoms with Gasteiger partial charge in [0.2, 0.25) is 11.8 Å². The summed E-state index contributed by atoms with van der Waals surface area (Å²) in [6.07, 6.45) is 2.21. The monoisotopic (exact) mass is 455 g/mol. The van der Waals surface area contributed by atoms with Crippen LogP contribution in [0.3, 0.4) is 0 Å². The molecule has 2 aliphatic rings. The van der Waals surface area contributed by atoms with E-state index in [2.05, 4.69) is 58.3 Å². The predicted octanol–water partition coefficient (Wildman–Crippen LogP) is 2.96. The zero-order valence-corrected chi connectivity index (χ0v) is 20.2. The molecule has 2 heterocycles. The van der Waals surface area contributed by atoms with Crippen LogP contribution in [0.1, 0.15) is 36.5 Å². The molecule has 1 saturated carbocycles. The molecule has 1 aliphatic heterocycles. The van der Waals surface area contributed by atoms with Crippen molar-refractivity contribution in [2.45, 2.75) is 52.6 Å². The molecule has 4 rings (SSSR count). The predicted molar refractivity (Wildman–Crippen MR) is 129 cm³/mol. The lowest BCUT2D eigenvalue weighted by molar-refractivity contribution is -0.127. The summed E-state index contributed by atoms with van der Waals surface area (Å²) >= 11 is 1.46. The molecular weight excluding hydrogens is 422 g/mol. The SMILES string of the molecule is Cc1cc(C)c(-c2csc(NC(=O)CN3CCN([C@@H](C)C(=O)NC4CC4)CC3)n2)c(C)c1. The molecule has 7 nitrogen and oxygen atoms in total. The van der Waals surface area contributed by atoms with E-state index in [1.807, 2.05) is 12.3 Å². The molecule has 1 saturated heterocycles. The molecule has 1 aliphatic carbocycles. The average molecular weight is 456 g/mol. The molecule has 0 radical (unpaired) electrons. The maximum absolute atomic E-state index is 12.6. The van der Waals surface area contributed by atoms with Gasteiger partial charge in [0.05, 0.1) is 18.3 Å². The van der Waals surface area contributed by atoms with Crippen molar-refractivity contribution in [1.82, 2.24) is 20.1 Å². The van der Waals surface area contributed by atoms with Gasteiger partial charge < -0.3 is 10.6 Å². The third-order valence-corrected chi connectivity index (χ3v) is 7.07. The molecule has 8 heteroatoms. The van der Waals surface area contributed by atoms with Crippen molar-refractivity contribution in [3.8, 4) is 11.3 Å². The molecule has 0 unspecified atom stereocenters. The van der Waals surface area contributed by atoms with Crippen molar-refractivity contribution >= 4 is 28.3 Å². The summed E-state index contributed by atoms with van der Waals surface area (Å²) in [4.78, 5) is 33.9. The second-order valence-corrected chi connectivity index (χ2v) is 9.99. The van der Waals surface area contributed by atoms with E-state index in [1.54, 1.807) is 0 Å². The molecule has 2 fully saturated rings. The molecule has 32 heavy (non-hydrogen) atoms. The molecule has 1 atom stereocenters. The van der Waals surface area contributed by atoms with Gasteiger partial charge in [-0.2, -0.15) is 0 Å². The minimum Gasteiger partial charge on any atom is -0.352 e. The summed E-state index contributed by atoms with van der Waals surface area (Å²) < 4.78 is 0. The number of hydrogen-bond donors (Lipinski definition) is 2. The van der Waals surface area contributed by atoms with E-state index < -0.39 is 0 Å². The zero-order valence-electron chi connectivity index (χ0n) is 19.4. The lowest BCUT2D eigenvalue weighted by atomic mass is 9.98. The summed E-state index contributed by atoms with van der Waals surface area (Å²) in [5.74, 6) is 0.0774. The largest absolute Gasteiger partial charge is 0.352 e. The molecule has 1 aromatic carbocycles. The fraction of sp³-hybridized carbons (Fsp3) is 0.542. The van der Waals surface area contributed by atoms with Crippen LogP contribution in [0, 0.1) is 20.8 Å². The highest BCUT2D eigenvalue weighted by Gasteiger charge is 2.30. The molecule has 1 aromatic heterocycles. The molecule has 172 valence electrons. The summed E-state index contributed by atoms with van der Waals surface area (Å²) in [5, 5.41) is 8.68. The quantitative estimate of drug-likeness (QED) is 0.671. The van der Waals surface area contributed by atoms with Crippen LogP contribution in [0.2, 0.25) is 0 Å². The summed E-state index contributed by atoms with van der Waals surface area (Å²) in [7, 11) is 0. The number of nitrogens with zero attached hydrogens (tertiary/aromatic N) is 3. The third-order valence-electron chi connectivity index (χ3n) is 6.31. The van der Waals surface area contributed by atoms with E-state index in [-0.39, 0.29) is 17.9 Å². The van der Waals surface area contributed by atoms with Gasteiger partial charge in [-0.15, -0.1) is 11.3 Å². The maximum atomic E-state index is 12.6. The van der Waals surface area contributed by atoms with Gasteiger partial charge in [0.15, 0.2) is 5.13 Å². The second kappa shape index (κ2) is 9.68. The van der Waals surface area contributed by atoms with Gasteiger partial charge in [-0.3, -0.25) is 19.4 Å². The first-order valence-corrected chi connectivity index (χ1v) is 12.3. The van der Waals surface area contributed by atoms with Crippen molar-refractivity contribution in [3.05, 3.63) is 34.2 Å². The standard InChI is InChI=1S/C24H33N5O2S/c1-15-11-16(2)22(17(3)12-15)20-14-32-24(26-20)27-21(30)13-28-7-9-29(10-8-28)18(4)23(31)25-19-5-6-19/h11-12,14,18-19H,5-10,13H2,1-4H3,(H,25,31)(H,26,27,30)/t18-/m0/s1. The molecule has 2 amide bonds. The highest BCUT2D eigenvalue weighted by Crippen LogP contribution is 2.31. The Balaban J connectivity index is 1.27. The van der Waals surface area contributed by atoms with Crippen molar-refractivity contribution in [3.63, 3.8) is 0 Å². The first kappa shape index (κ1) is 22.9. The van der Waals surface area contributed by atoms with Crippen molar-refractivity contribution in [2.24, 2.45) is 0 Å². The fourth-order valence-corrected chi connectivity index (χ4v) is 5.13. The van der Waals surface area contributed by atoms with E-state index in [0.717, 1.165) is 50.3 Å². The van der Waals surface area contributed by atoms with Gasteiger partial charge in [0.25, 0.3) is 0 Å². The number of aromatic nitrogens is 1. The van der Waals surface area contributed by atoms with Gasteiger partial charge in [0.1, 0.15) is 0 Å². The average Bonchev–Trinajstić information content (AvgIpc) is 3.44. The number of amides is 2. The smallest absolute Gasteiger partial charge is 0.240 e. The van der Waals surface area contributed by atoms with Gasteiger partial charge in [-0.25, -0.2) is 4.98 Å². The van der Waals surface area contributed by atoms with E-state index in [0.29, 0.717) is 17.7 Å². The Morgan fingerprint density at radius 3 is 2.41 bits per heavy atom. The van der Waals surface area contributed by atoms with E-state index in [1.165, 1.54) is 28.0 Å². The third kappa shape index (κ3) is 5.54. The first-order valence-electron chi connectivity index (χ1n) is 11.4. The number of thiazole rings is 1. The molecule has 2 aromatic rings. The minimum atomic E-state index is -0.117. The fourth-order valence-electron chi connectivity index (χ4n) is 4.42. The number of benzene rings is 1. The van der Waals surface area contributed by atoms with E-state index in [4.69, 9.17) is 0 Å². The Labute approximate surface area is 194 Å². The normalized spacial score (nSPS) is 18.4. The Bertz CT molecular complexity index is 969. The maximum Gasteiger partial charge on any atom is 0.240 e. The number of rotatable bonds is 7.